The van der Waals surface area contributed by atoms with Crippen LogP contribution >= 0.6 is 0 Å². The summed E-state index contributed by atoms with van der Waals surface area (Å²) in [5, 5.41) is 10.2. The standard InChI is InChI=1S/C35H32O/c1-5-23(2)24-11-14-34(15-12-24)36-35(3,4)33-13-10-27-18-30-19-28-16-25-8-6-7-9-26(25)17-29(28)20-31(30)21-32(27)22-33/h6-23H,5H2,1-4H3. The zero-order valence-corrected chi connectivity index (χ0v) is 21.5. The molecule has 6 rings (SSSR count). The maximum Gasteiger partial charge on any atom is 0.128 e. The Labute approximate surface area is 213 Å². The molecule has 36 heavy (non-hydrogen) atoms. The van der Waals surface area contributed by atoms with Crippen LogP contribution in [0.25, 0.3) is 43.1 Å². The second-order valence-corrected chi connectivity index (χ2v) is 10.7. The van der Waals surface area contributed by atoms with Gasteiger partial charge in [0.1, 0.15) is 11.4 Å². The highest BCUT2D eigenvalue weighted by Gasteiger charge is 2.23. The molecule has 0 aliphatic rings. The highest BCUT2D eigenvalue weighted by Crippen LogP contribution is 2.34. The van der Waals surface area contributed by atoms with Gasteiger partial charge in [-0.1, -0.05) is 62.4 Å². The lowest BCUT2D eigenvalue weighted by molar-refractivity contribution is 0.109. The van der Waals surface area contributed by atoms with E-state index in [-0.39, 0.29) is 0 Å². The molecule has 0 saturated heterocycles. The van der Waals surface area contributed by atoms with Crippen LogP contribution in [0.2, 0.25) is 0 Å². The SMILES string of the molecule is CCC(C)c1ccc(OC(C)(C)c2ccc3cc4cc5cc6ccccc6cc5cc4cc3c2)cc1. The molecule has 0 aliphatic carbocycles. The van der Waals surface area contributed by atoms with Crippen molar-refractivity contribution in [2.24, 2.45) is 0 Å². The van der Waals surface area contributed by atoms with Crippen molar-refractivity contribution < 1.29 is 4.74 Å². The first-order valence-corrected chi connectivity index (χ1v) is 13.0. The Bertz CT molecular complexity index is 1720. The van der Waals surface area contributed by atoms with Gasteiger partial charge < -0.3 is 4.74 Å². The van der Waals surface area contributed by atoms with Crippen molar-refractivity contribution in [3.8, 4) is 5.75 Å². The summed E-state index contributed by atoms with van der Waals surface area (Å²) in [5.41, 5.74) is 2.09. The fourth-order valence-corrected chi connectivity index (χ4v) is 5.27. The molecule has 0 saturated carbocycles. The molecule has 0 amide bonds. The molecule has 0 fully saturated rings. The van der Waals surface area contributed by atoms with E-state index in [4.69, 9.17) is 4.74 Å². The predicted octanol–water partition coefficient (Wildman–Crippen LogP) is 10.1. The monoisotopic (exact) mass is 468 g/mol. The van der Waals surface area contributed by atoms with Gasteiger partial charge in [-0.25, -0.2) is 0 Å². The first-order chi connectivity index (χ1) is 17.4. The van der Waals surface area contributed by atoms with Gasteiger partial charge in [-0.05, 0) is 135 Å². The third kappa shape index (κ3) is 4.09. The smallest absolute Gasteiger partial charge is 0.128 e. The summed E-state index contributed by atoms with van der Waals surface area (Å²) >= 11 is 0. The third-order valence-corrected chi connectivity index (χ3v) is 7.75. The second kappa shape index (κ2) is 8.68. The highest BCUT2D eigenvalue weighted by atomic mass is 16.5. The molecule has 0 radical (unpaired) electrons. The highest BCUT2D eigenvalue weighted by molar-refractivity contribution is 6.08. The Morgan fingerprint density at radius 1 is 0.583 bits per heavy atom. The molecule has 6 aromatic carbocycles. The average molecular weight is 469 g/mol. The van der Waals surface area contributed by atoms with Gasteiger partial charge in [0, 0.05) is 0 Å². The van der Waals surface area contributed by atoms with E-state index in [1.54, 1.807) is 0 Å². The first-order valence-electron chi connectivity index (χ1n) is 13.0. The molecule has 0 N–H and O–H groups in total. The Hall–Kier alpha value is -3.84. The van der Waals surface area contributed by atoms with Crippen molar-refractivity contribution >= 4 is 43.1 Å². The normalized spacial score (nSPS) is 13.0. The van der Waals surface area contributed by atoms with Crippen molar-refractivity contribution in [3.63, 3.8) is 0 Å². The molecular formula is C35H32O. The molecule has 1 unspecified atom stereocenters. The lowest BCUT2D eigenvalue weighted by Crippen LogP contribution is -2.25. The lowest BCUT2D eigenvalue weighted by atomic mass is 9.93. The summed E-state index contributed by atoms with van der Waals surface area (Å²) in [4.78, 5) is 0. The van der Waals surface area contributed by atoms with E-state index in [2.05, 4.69) is 131 Å². The molecule has 6 aromatic rings. The fraction of sp³-hybridized carbons (Fsp3) is 0.200. The Morgan fingerprint density at radius 3 is 1.58 bits per heavy atom. The molecule has 178 valence electrons. The minimum absolute atomic E-state index is 0.441. The van der Waals surface area contributed by atoms with Crippen LogP contribution in [0.1, 0.15) is 51.2 Å². The Balaban J connectivity index is 1.37. The van der Waals surface area contributed by atoms with E-state index in [9.17, 15) is 0 Å². The van der Waals surface area contributed by atoms with E-state index in [0.717, 1.165) is 12.2 Å². The maximum atomic E-state index is 6.49. The molecule has 1 atom stereocenters. The van der Waals surface area contributed by atoms with Gasteiger partial charge in [0.15, 0.2) is 0 Å². The number of hydrogen-bond donors (Lipinski definition) is 0. The number of benzene rings is 6. The van der Waals surface area contributed by atoms with Crippen LogP contribution in [0.3, 0.4) is 0 Å². The van der Waals surface area contributed by atoms with Crippen LogP contribution in [0, 0.1) is 0 Å². The van der Waals surface area contributed by atoms with Crippen molar-refractivity contribution in [3.05, 3.63) is 114 Å². The lowest BCUT2D eigenvalue weighted by Gasteiger charge is -2.28. The summed E-state index contributed by atoms with van der Waals surface area (Å²) in [6.07, 6.45) is 1.14. The molecule has 0 spiro atoms. The fourth-order valence-electron chi connectivity index (χ4n) is 5.27. The first kappa shape index (κ1) is 22.6. The van der Waals surface area contributed by atoms with E-state index in [1.165, 1.54) is 54.2 Å². The summed E-state index contributed by atoms with van der Waals surface area (Å²) in [6.45, 7) is 8.79. The molecule has 0 aromatic heterocycles. The summed E-state index contributed by atoms with van der Waals surface area (Å²) in [6, 6.07) is 37.8. The van der Waals surface area contributed by atoms with Gasteiger partial charge in [0.05, 0.1) is 0 Å². The van der Waals surface area contributed by atoms with E-state index >= 15 is 0 Å². The van der Waals surface area contributed by atoms with Crippen LogP contribution in [-0.4, -0.2) is 0 Å². The molecule has 0 aliphatic heterocycles. The van der Waals surface area contributed by atoms with Gasteiger partial charge in [-0.15, -0.1) is 0 Å². The van der Waals surface area contributed by atoms with E-state index in [0.29, 0.717) is 5.92 Å². The second-order valence-electron chi connectivity index (χ2n) is 10.7. The van der Waals surface area contributed by atoms with E-state index in [1.807, 2.05) is 0 Å². The van der Waals surface area contributed by atoms with Crippen molar-refractivity contribution in [2.75, 3.05) is 0 Å². The van der Waals surface area contributed by atoms with Gasteiger partial charge >= 0.3 is 0 Å². The molecular weight excluding hydrogens is 436 g/mol. The minimum atomic E-state index is -0.441. The van der Waals surface area contributed by atoms with Gasteiger partial charge in [-0.2, -0.15) is 0 Å². The van der Waals surface area contributed by atoms with Crippen molar-refractivity contribution in [1.82, 2.24) is 0 Å². The number of ether oxygens (including phenoxy) is 1. The zero-order valence-electron chi connectivity index (χ0n) is 21.5. The van der Waals surface area contributed by atoms with Crippen molar-refractivity contribution in [1.29, 1.82) is 0 Å². The zero-order chi connectivity index (χ0) is 24.9. The average Bonchev–Trinajstić information content (AvgIpc) is 2.89. The molecule has 0 bridgehead atoms. The van der Waals surface area contributed by atoms with Gasteiger partial charge in [-0.3, -0.25) is 0 Å². The minimum Gasteiger partial charge on any atom is -0.483 e. The quantitative estimate of drug-likeness (QED) is 0.229. The van der Waals surface area contributed by atoms with Crippen molar-refractivity contribution in [2.45, 2.75) is 45.6 Å². The van der Waals surface area contributed by atoms with Crippen LogP contribution in [0.15, 0.2) is 103 Å². The van der Waals surface area contributed by atoms with Crippen LogP contribution in [-0.2, 0) is 5.60 Å². The maximum absolute atomic E-state index is 6.49. The molecule has 1 heteroatoms. The van der Waals surface area contributed by atoms with Gasteiger partial charge in [0.25, 0.3) is 0 Å². The molecule has 1 nitrogen and oxygen atoms in total. The number of hydrogen-bond acceptors (Lipinski definition) is 1. The third-order valence-electron chi connectivity index (χ3n) is 7.75. The Kier molecular flexibility index (Phi) is 5.45. The van der Waals surface area contributed by atoms with Crippen LogP contribution < -0.4 is 4.74 Å². The summed E-state index contributed by atoms with van der Waals surface area (Å²) in [5.74, 6) is 1.47. The predicted molar refractivity (Wildman–Crippen MR) is 155 cm³/mol. The van der Waals surface area contributed by atoms with Gasteiger partial charge in [0.2, 0.25) is 0 Å². The summed E-state index contributed by atoms with van der Waals surface area (Å²) < 4.78 is 6.49. The van der Waals surface area contributed by atoms with Crippen LogP contribution in [0.4, 0.5) is 0 Å². The largest absolute Gasteiger partial charge is 0.483 e. The van der Waals surface area contributed by atoms with E-state index < -0.39 is 5.60 Å². The Morgan fingerprint density at radius 2 is 1.06 bits per heavy atom. The van der Waals surface area contributed by atoms with Crippen LogP contribution in [0.5, 0.6) is 5.75 Å². The molecule has 0 heterocycles. The number of fused-ring (bicyclic) bond motifs is 4. The topological polar surface area (TPSA) is 9.23 Å². The number of rotatable bonds is 5. The summed E-state index contributed by atoms with van der Waals surface area (Å²) in [7, 11) is 0.